The number of benzene rings is 1. The summed E-state index contributed by atoms with van der Waals surface area (Å²) in [6, 6.07) is 8.25. The number of hydrogen-bond donors (Lipinski definition) is 1. The third kappa shape index (κ3) is 2.36. The van der Waals surface area contributed by atoms with Gasteiger partial charge < -0.3 is 4.74 Å². The van der Waals surface area contributed by atoms with Crippen LogP contribution in [0.3, 0.4) is 0 Å². The second-order valence-corrected chi connectivity index (χ2v) is 4.74. The van der Waals surface area contributed by atoms with Gasteiger partial charge in [-0.05, 0) is 24.3 Å². The summed E-state index contributed by atoms with van der Waals surface area (Å²) < 4.78 is 4.90. The molecule has 0 bridgehead atoms. The van der Waals surface area contributed by atoms with Crippen LogP contribution in [0.1, 0.15) is 30.7 Å². The van der Waals surface area contributed by atoms with Crippen LogP contribution < -0.4 is 10.4 Å². The molecule has 0 aliphatic heterocycles. The van der Waals surface area contributed by atoms with E-state index in [1.165, 1.54) is 31.9 Å². The largest absolute Gasteiger partial charge is 0.467 e. The van der Waals surface area contributed by atoms with E-state index in [4.69, 9.17) is 4.74 Å². The van der Waals surface area contributed by atoms with Gasteiger partial charge in [-0.1, -0.05) is 30.7 Å². The zero-order chi connectivity index (χ0) is 13.2. The quantitative estimate of drug-likeness (QED) is 0.914. The van der Waals surface area contributed by atoms with Crippen LogP contribution in [0.15, 0.2) is 29.1 Å². The number of nitrogens with one attached hydrogen (secondary N) is 1. The Balaban J connectivity index is 1.93. The van der Waals surface area contributed by atoms with E-state index in [1.807, 2.05) is 12.1 Å². The summed E-state index contributed by atoms with van der Waals surface area (Å²) in [7, 11) is 1.44. The minimum Gasteiger partial charge on any atom is -0.467 e. The molecule has 1 saturated carbocycles. The molecule has 0 saturated heterocycles. The molecule has 1 aromatic heterocycles. The van der Waals surface area contributed by atoms with Crippen LogP contribution in [0.5, 0.6) is 6.01 Å². The van der Waals surface area contributed by atoms with Crippen LogP contribution >= 0.6 is 0 Å². The number of H-pyrrole nitrogens is 1. The fourth-order valence-corrected chi connectivity index (χ4v) is 2.25. The van der Waals surface area contributed by atoms with Gasteiger partial charge in [0.15, 0.2) is 0 Å². The number of nitrogens with zero attached hydrogens (tertiary/aromatic N) is 2. The molecule has 98 valence electrons. The average molecular weight is 257 g/mol. The average Bonchev–Trinajstić information content (AvgIpc) is 2.37. The highest BCUT2D eigenvalue weighted by Crippen LogP contribution is 2.36. The molecule has 0 unspecified atom stereocenters. The van der Waals surface area contributed by atoms with E-state index in [1.54, 1.807) is 0 Å². The predicted molar refractivity (Wildman–Crippen MR) is 71.2 cm³/mol. The Morgan fingerprint density at radius 2 is 1.95 bits per heavy atom. The number of ether oxygens (including phenoxy) is 1. The van der Waals surface area contributed by atoms with E-state index in [0.717, 1.165) is 5.56 Å². The number of aromatic amines is 1. The second-order valence-electron chi connectivity index (χ2n) is 4.74. The molecule has 5 heteroatoms. The van der Waals surface area contributed by atoms with Crippen molar-refractivity contribution < 1.29 is 4.74 Å². The predicted octanol–water partition coefficient (Wildman–Crippen LogP) is 2.11. The fraction of sp³-hybridized carbons (Fsp3) is 0.357. The van der Waals surface area contributed by atoms with Gasteiger partial charge in [0.2, 0.25) is 0 Å². The second kappa shape index (κ2) is 4.84. The normalized spacial score (nSPS) is 15.0. The molecule has 0 radical (unpaired) electrons. The third-order valence-corrected chi connectivity index (χ3v) is 3.57. The van der Waals surface area contributed by atoms with Gasteiger partial charge in [-0.2, -0.15) is 4.98 Å². The minimum atomic E-state index is -0.454. The number of rotatable bonds is 3. The summed E-state index contributed by atoms with van der Waals surface area (Å²) in [6.45, 7) is 0. The first-order chi connectivity index (χ1) is 9.26. The Labute approximate surface area is 110 Å². The van der Waals surface area contributed by atoms with E-state index >= 15 is 0 Å². The molecule has 0 amide bonds. The van der Waals surface area contributed by atoms with Gasteiger partial charge in [0, 0.05) is 5.56 Å². The molecule has 0 spiro atoms. The Hall–Kier alpha value is -2.17. The van der Waals surface area contributed by atoms with E-state index in [9.17, 15) is 4.79 Å². The van der Waals surface area contributed by atoms with Crippen LogP contribution in [0, 0.1) is 0 Å². The van der Waals surface area contributed by atoms with Gasteiger partial charge in [-0.3, -0.25) is 4.98 Å². The summed E-state index contributed by atoms with van der Waals surface area (Å²) in [5.41, 5.74) is 1.77. The van der Waals surface area contributed by atoms with E-state index in [0.29, 0.717) is 11.7 Å². The molecule has 5 nitrogen and oxygen atoms in total. The van der Waals surface area contributed by atoms with Crippen molar-refractivity contribution in [1.82, 2.24) is 15.0 Å². The first-order valence-corrected chi connectivity index (χ1v) is 6.39. The maximum Gasteiger partial charge on any atom is 0.351 e. The smallest absolute Gasteiger partial charge is 0.351 e. The van der Waals surface area contributed by atoms with Crippen molar-refractivity contribution in [1.29, 1.82) is 0 Å². The van der Waals surface area contributed by atoms with Gasteiger partial charge in [-0.15, -0.1) is 4.98 Å². The van der Waals surface area contributed by atoms with Crippen molar-refractivity contribution in [2.45, 2.75) is 25.2 Å². The van der Waals surface area contributed by atoms with Gasteiger partial charge in [0.05, 0.1) is 7.11 Å². The molecule has 3 rings (SSSR count). The monoisotopic (exact) mass is 257 g/mol. The summed E-state index contributed by atoms with van der Waals surface area (Å²) in [5.74, 6) is 1.19. The van der Waals surface area contributed by atoms with Gasteiger partial charge >= 0.3 is 11.7 Å². The Bertz CT molecular complexity index is 630. The van der Waals surface area contributed by atoms with E-state index in [2.05, 4.69) is 27.1 Å². The maximum atomic E-state index is 11.4. The summed E-state index contributed by atoms with van der Waals surface area (Å²) in [5, 5.41) is 0. The Kier molecular flexibility index (Phi) is 3.03. The van der Waals surface area contributed by atoms with Gasteiger partial charge in [0.1, 0.15) is 5.82 Å². The van der Waals surface area contributed by atoms with Crippen molar-refractivity contribution >= 4 is 0 Å². The molecular weight excluding hydrogens is 242 g/mol. The highest BCUT2D eigenvalue weighted by Gasteiger charge is 2.19. The van der Waals surface area contributed by atoms with Gasteiger partial charge in [-0.25, -0.2) is 4.79 Å². The first-order valence-electron chi connectivity index (χ1n) is 6.39. The van der Waals surface area contributed by atoms with Gasteiger partial charge in [0.25, 0.3) is 0 Å². The molecule has 2 aromatic rings. The summed E-state index contributed by atoms with van der Waals surface area (Å²) >= 11 is 0. The van der Waals surface area contributed by atoms with Crippen LogP contribution in [0.25, 0.3) is 11.4 Å². The van der Waals surface area contributed by atoms with Crippen LogP contribution in [-0.4, -0.2) is 22.1 Å². The lowest BCUT2D eigenvalue weighted by Gasteiger charge is -2.25. The van der Waals surface area contributed by atoms with E-state index in [-0.39, 0.29) is 6.01 Å². The summed E-state index contributed by atoms with van der Waals surface area (Å²) in [4.78, 5) is 21.7. The summed E-state index contributed by atoms with van der Waals surface area (Å²) in [6.07, 6.45) is 3.87. The fourth-order valence-electron chi connectivity index (χ4n) is 2.25. The lowest BCUT2D eigenvalue weighted by atomic mass is 9.80. The Morgan fingerprint density at radius 3 is 2.53 bits per heavy atom. The molecule has 19 heavy (non-hydrogen) atoms. The molecule has 1 fully saturated rings. The minimum absolute atomic E-state index is 0.0850. The van der Waals surface area contributed by atoms with Crippen molar-refractivity contribution in [2.75, 3.05) is 7.11 Å². The zero-order valence-electron chi connectivity index (χ0n) is 10.7. The Morgan fingerprint density at radius 1 is 1.21 bits per heavy atom. The maximum absolute atomic E-state index is 11.4. The lowest BCUT2D eigenvalue weighted by Crippen LogP contribution is -2.14. The van der Waals surface area contributed by atoms with Crippen molar-refractivity contribution in [3.8, 4) is 17.4 Å². The highest BCUT2D eigenvalue weighted by molar-refractivity contribution is 5.55. The first kappa shape index (κ1) is 11.9. The SMILES string of the molecule is COc1nc(-c2ccc(C3CCC3)cc2)[nH]c(=O)n1. The van der Waals surface area contributed by atoms with Crippen molar-refractivity contribution in [3.63, 3.8) is 0 Å². The highest BCUT2D eigenvalue weighted by atomic mass is 16.5. The molecule has 1 aromatic carbocycles. The number of aromatic nitrogens is 3. The van der Waals surface area contributed by atoms with Crippen molar-refractivity contribution in [3.05, 3.63) is 40.3 Å². The van der Waals surface area contributed by atoms with Crippen LogP contribution in [0.2, 0.25) is 0 Å². The number of hydrogen-bond acceptors (Lipinski definition) is 4. The van der Waals surface area contributed by atoms with Crippen LogP contribution in [-0.2, 0) is 0 Å². The molecule has 1 aliphatic rings. The molecule has 1 heterocycles. The number of methoxy groups -OCH3 is 1. The van der Waals surface area contributed by atoms with Crippen molar-refractivity contribution in [2.24, 2.45) is 0 Å². The zero-order valence-corrected chi connectivity index (χ0v) is 10.7. The molecular formula is C14H15N3O2. The van der Waals surface area contributed by atoms with E-state index < -0.39 is 5.69 Å². The standard InChI is InChI=1S/C14H15N3O2/c1-19-14-16-12(15-13(18)17-14)11-7-5-10(6-8-11)9-3-2-4-9/h5-9H,2-4H2,1H3,(H,15,16,17,18). The molecule has 1 N–H and O–H groups in total. The van der Waals surface area contributed by atoms with Crippen LogP contribution in [0.4, 0.5) is 0 Å². The molecule has 1 aliphatic carbocycles. The third-order valence-electron chi connectivity index (χ3n) is 3.57. The topological polar surface area (TPSA) is 67.9 Å². The molecule has 0 atom stereocenters. The lowest BCUT2D eigenvalue weighted by molar-refractivity contribution is 0.377.